The maximum Gasteiger partial charge on any atom is 0.0538 e. The Morgan fingerprint density at radius 1 is 1.56 bits per heavy atom. The fourth-order valence-corrected chi connectivity index (χ4v) is 2.61. The Kier molecular flexibility index (Phi) is 3.30. The van der Waals surface area contributed by atoms with Crippen LogP contribution < -0.4 is 5.73 Å². The first-order valence-electron chi connectivity index (χ1n) is 6.06. The highest BCUT2D eigenvalue weighted by Gasteiger charge is 2.33. The summed E-state index contributed by atoms with van der Waals surface area (Å²) in [6.07, 6.45) is 5.12. The van der Waals surface area contributed by atoms with Crippen molar-refractivity contribution >= 4 is 0 Å². The van der Waals surface area contributed by atoms with Crippen LogP contribution in [0.1, 0.15) is 31.9 Å². The van der Waals surface area contributed by atoms with Gasteiger partial charge in [-0.25, -0.2) is 0 Å². The Morgan fingerprint density at radius 3 is 2.88 bits per heavy atom. The number of rotatable bonds is 3. The highest BCUT2D eigenvalue weighted by atomic mass is 15.3. The first kappa shape index (κ1) is 11.6. The van der Waals surface area contributed by atoms with Crippen LogP contribution in [0.5, 0.6) is 0 Å². The molecule has 2 atom stereocenters. The van der Waals surface area contributed by atoms with Gasteiger partial charge in [-0.3, -0.25) is 9.58 Å². The van der Waals surface area contributed by atoms with Crippen LogP contribution in [-0.4, -0.2) is 33.8 Å². The van der Waals surface area contributed by atoms with Gasteiger partial charge in [-0.1, -0.05) is 13.8 Å². The minimum atomic E-state index is 0.253. The van der Waals surface area contributed by atoms with E-state index in [0.717, 1.165) is 19.5 Å². The molecule has 1 aliphatic rings. The average Bonchev–Trinajstić information content (AvgIpc) is 2.73. The minimum absolute atomic E-state index is 0.253. The van der Waals surface area contributed by atoms with E-state index in [0.29, 0.717) is 12.0 Å². The SMILES string of the molecule is CC(C)CN1CCC(N)C1c1cnn(C)c1. The molecule has 4 heteroatoms. The largest absolute Gasteiger partial charge is 0.326 e. The standard InChI is InChI=1S/C12H22N4/c1-9(2)7-16-5-4-11(13)12(16)10-6-14-15(3)8-10/h6,8-9,11-12H,4-5,7,13H2,1-3H3. The van der Waals surface area contributed by atoms with Gasteiger partial charge in [-0.2, -0.15) is 5.10 Å². The van der Waals surface area contributed by atoms with E-state index < -0.39 is 0 Å². The van der Waals surface area contributed by atoms with Crippen molar-refractivity contribution in [2.75, 3.05) is 13.1 Å². The van der Waals surface area contributed by atoms with Crippen LogP contribution in [0.4, 0.5) is 0 Å². The van der Waals surface area contributed by atoms with Crippen LogP contribution in [0.15, 0.2) is 12.4 Å². The molecule has 1 saturated heterocycles. The predicted molar refractivity (Wildman–Crippen MR) is 65.0 cm³/mol. The molecule has 1 aliphatic heterocycles. The molecule has 0 spiro atoms. The second-order valence-corrected chi connectivity index (χ2v) is 5.23. The van der Waals surface area contributed by atoms with Gasteiger partial charge in [0.15, 0.2) is 0 Å². The average molecular weight is 222 g/mol. The van der Waals surface area contributed by atoms with Gasteiger partial charge >= 0.3 is 0 Å². The van der Waals surface area contributed by atoms with Crippen molar-refractivity contribution in [3.8, 4) is 0 Å². The molecule has 4 nitrogen and oxygen atoms in total. The molecule has 90 valence electrons. The van der Waals surface area contributed by atoms with Crippen molar-refractivity contribution in [3.05, 3.63) is 18.0 Å². The number of hydrogen-bond acceptors (Lipinski definition) is 3. The zero-order valence-electron chi connectivity index (χ0n) is 10.4. The lowest BCUT2D eigenvalue weighted by molar-refractivity contribution is 0.221. The monoisotopic (exact) mass is 222 g/mol. The Hall–Kier alpha value is -0.870. The van der Waals surface area contributed by atoms with Crippen molar-refractivity contribution < 1.29 is 0 Å². The molecule has 0 bridgehead atoms. The Bertz CT molecular complexity index is 345. The summed E-state index contributed by atoms with van der Waals surface area (Å²) < 4.78 is 1.86. The van der Waals surface area contributed by atoms with Gasteiger partial charge in [-0.05, 0) is 12.3 Å². The first-order chi connectivity index (χ1) is 7.58. The van der Waals surface area contributed by atoms with Crippen molar-refractivity contribution in [1.82, 2.24) is 14.7 Å². The maximum atomic E-state index is 6.21. The van der Waals surface area contributed by atoms with E-state index in [9.17, 15) is 0 Å². The summed E-state index contributed by atoms with van der Waals surface area (Å²) in [7, 11) is 1.96. The van der Waals surface area contributed by atoms with Crippen LogP contribution in [0, 0.1) is 5.92 Å². The molecule has 1 aromatic rings. The summed E-state index contributed by atoms with van der Waals surface area (Å²) in [5.74, 6) is 0.685. The molecule has 2 heterocycles. The summed E-state index contributed by atoms with van der Waals surface area (Å²) in [5.41, 5.74) is 7.47. The molecule has 2 N–H and O–H groups in total. The lowest BCUT2D eigenvalue weighted by atomic mass is 10.0. The summed E-state index contributed by atoms with van der Waals surface area (Å²) in [6.45, 7) is 6.74. The number of nitrogens with zero attached hydrogens (tertiary/aromatic N) is 3. The summed E-state index contributed by atoms with van der Waals surface area (Å²) >= 11 is 0. The normalized spacial score (nSPS) is 26.8. The molecule has 0 saturated carbocycles. The number of nitrogens with two attached hydrogens (primary N) is 1. The molecule has 0 radical (unpaired) electrons. The van der Waals surface area contributed by atoms with Crippen molar-refractivity contribution in [2.24, 2.45) is 18.7 Å². The summed E-state index contributed by atoms with van der Waals surface area (Å²) in [5, 5.41) is 4.24. The van der Waals surface area contributed by atoms with Crippen molar-refractivity contribution in [1.29, 1.82) is 0 Å². The summed E-state index contributed by atoms with van der Waals surface area (Å²) in [6, 6.07) is 0.610. The van der Waals surface area contributed by atoms with Crippen molar-refractivity contribution in [3.63, 3.8) is 0 Å². The third kappa shape index (κ3) is 2.28. The van der Waals surface area contributed by atoms with Gasteiger partial charge in [0.05, 0.1) is 12.2 Å². The van der Waals surface area contributed by atoms with Gasteiger partial charge < -0.3 is 5.73 Å². The second kappa shape index (κ2) is 4.55. The van der Waals surface area contributed by atoms with E-state index in [4.69, 9.17) is 5.73 Å². The van der Waals surface area contributed by atoms with Gasteiger partial charge in [0.2, 0.25) is 0 Å². The molecule has 2 rings (SSSR count). The molecular formula is C12H22N4. The number of likely N-dealkylation sites (tertiary alicyclic amines) is 1. The van der Waals surface area contributed by atoms with E-state index >= 15 is 0 Å². The zero-order chi connectivity index (χ0) is 11.7. The first-order valence-corrected chi connectivity index (χ1v) is 6.06. The lowest BCUT2D eigenvalue weighted by Gasteiger charge is -2.27. The number of hydrogen-bond donors (Lipinski definition) is 1. The molecule has 0 aromatic carbocycles. The van der Waals surface area contributed by atoms with Gasteiger partial charge in [0.25, 0.3) is 0 Å². The topological polar surface area (TPSA) is 47.1 Å². The molecule has 16 heavy (non-hydrogen) atoms. The Morgan fingerprint density at radius 2 is 2.31 bits per heavy atom. The van der Waals surface area contributed by atoms with Crippen molar-refractivity contribution in [2.45, 2.75) is 32.4 Å². The fraction of sp³-hybridized carbons (Fsp3) is 0.750. The van der Waals surface area contributed by atoms with Crippen LogP contribution >= 0.6 is 0 Å². The Balaban J connectivity index is 2.15. The van der Waals surface area contributed by atoms with Gasteiger partial charge in [0, 0.05) is 37.9 Å². The molecule has 1 fully saturated rings. The second-order valence-electron chi connectivity index (χ2n) is 5.23. The molecule has 2 unspecified atom stereocenters. The smallest absolute Gasteiger partial charge is 0.0538 e. The molecule has 1 aromatic heterocycles. The summed E-state index contributed by atoms with van der Waals surface area (Å²) in [4.78, 5) is 2.49. The highest BCUT2D eigenvalue weighted by Crippen LogP contribution is 2.31. The Labute approximate surface area is 97.4 Å². The number of aromatic nitrogens is 2. The van der Waals surface area contributed by atoms with E-state index in [-0.39, 0.29) is 6.04 Å². The van der Waals surface area contributed by atoms with E-state index in [1.165, 1.54) is 5.56 Å². The van der Waals surface area contributed by atoms with E-state index in [1.54, 1.807) is 0 Å². The molecule has 0 aliphatic carbocycles. The van der Waals surface area contributed by atoms with Crippen LogP contribution in [0.25, 0.3) is 0 Å². The van der Waals surface area contributed by atoms with E-state index in [1.807, 2.05) is 17.9 Å². The van der Waals surface area contributed by atoms with Gasteiger partial charge in [0.1, 0.15) is 0 Å². The van der Waals surface area contributed by atoms with Gasteiger partial charge in [-0.15, -0.1) is 0 Å². The predicted octanol–water partition coefficient (Wildman–Crippen LogP) is 1.15. The van der Waals surface area contributed by atoms with Crippen LogP contribution in [0.2, 0.25) is 0 Å². The fourth-order valence-electron chi connectivity index (χ4n) is 2.61. The number of aryl methyl sites for hydroxylation is 1. The quantitative estimate of drug-likeness (QED) is 0.834. The van der Waals surface area contributed by atoms with Crippen LogP contribution in [-0.2, 0) is 7.05 Å². The third-order valence-electron chi connectivity index (χ3n) is 3.21. The highest BCUT2D eigenvalue weighted by molar-refractivity contribution is 5.15. The third-order valence-corrected chi connectivity index (χ3v) is 3.21. The van der Waals surface area contributed by atoms with Crippen LogP contribution in [0.3, 0.4) is 0 Å². The minimum Gasteiger partial charge on any atom is -0.326 e. The van der Waals surface area contributed by atoms with E-state index in [2.05, 4.69) is 30.0 Å². The zero-order valence-corrected chi connectivity index (χ0v) is 10.4. The molecule has 0 amide bonds. The maximum absolute atomic E-state index is 6.21. The lowest BCUT2D eigenvalue weighted by Crippen LogP contribution is -2.33. The molecular weight excluding hydrogens is 200 g/mol.